The highest BCUT2D eigenvalue weighted by atomic mass is 16.1. The first kappa shape index (κ1) is 14.6. The molecule has 0 saturated heterocycles. The monoisotopic (exact) mass is 311 g/mol. The zero-order chi connectivity index (χ0) is 16.6. The third kappa shape index (κ3) is 2.19. The zero-order valence-electron chi connectivity index (χ0n) is 13.4. The van der Waals surface area contributed by atoms with Gasteiger partial charge in [0.1, 0.15) is 11.3 Å². The highest BCUT2D eigenvalue weighted by molar-refractivity contribution is 6.52. The van der Waals surface area contributed by atoms with Crippen LogP contribution in [0.2, 0.25) is 0 Å². The van der Waals surface area contributed by atoms with Gasteiger partial charge in [-0.05, 0) is 18.1 Å². The maximum Gasteiger partial charge on any atom is 0.211 e. The van der Waals surface area contributed by atoms with E-state index in [1.165, 1.54) is 0 Å². The Kier molecular flexibility index (Phi) is 3.39. The molecular formula is C22H17NO. The Morgan fingerprint density at radius 2 is 1.33 bits per heavy atom. The van der Waals surface area contributed by atoms with Crippen LogP contribution in [-0.2, 0) is 5.54 Å². The van der Waals surface area contributed by atoms with Gasteiger partial charge in [0.25, 0.3) is 0 Å². The number of hydrogen-bond acceptors (Lipinski definition) is 2. The molecule has 0 aliphatic carbocycles. The molecule has 0 aromatic heterocycles. The molecule has 1 aliphatic heterocycles. The Morgan fingerprint density at radius 3 is 2.04 bits per heavy atom. The SMILES string of the molecule is CC1(c2ccccc2)N=C(c2ccccc2)C(=O)c2ccccc21. The summed E-state index contributed by atoms with van der Waals surface area (Å²) in [5.41, 5.74) is 3.59. The van der Waals surface area contributed by atoms with E-state index in [4.69, 9.17) is 4.99 Å². The van der Waals surface area contributed by atoms with Crippen molar-refractivity contribution in [2.24, 2.45) is 4.99 Å². The molecule has 2 nitrogen and oxygen atoms in total. The maximum absolute atomic E-state index is 13.0. The van der Waals surface area contributed by atoms with E-state index in [9.17, 15) is 4.79 Å². The summed E-state index contributed by atoms with van der Waals surface area (Å²) in [4.78, 5) is 17.9. The Labute approximate surface area is 141 Å². The molecule has 2 heteroatoms. The Hall–Kier alpha value is -3.00. The second-order valence-electron chi connectivity index (χ2n) is 6.14. The Morgan fingerprint density at radius 1 is 0.750 bits per heavy atom. The largest absolute Gasteiger partial charge is 0.287 e. The summed E-state index contributed by atoms with van der Waals surface area (Å²) in [6.45, 7) is 2.08. The molecule has 3 aromatic carbocycles. The number of Topliss-reactive ketones (excluding diaryl/α,β-unsaturated/α-hetero) is 1. The van der Waals surface area contributed by atoms with Crippen LogP contribution in [0.1, 0.15) is 34.0 Å². The van der Waals surface area contributed by atoms with Crippen molar-refractivity contribution in [1.82, 2.24) is 0 Å². The summed E-state index contributed by atoms with van der Waals surface area (Å²) in [5, 5.41) is 0. The van der Waals surface area contributed by atoms with E-state index in [0.29, 0.717) is 5.71 Å². The third-order valence-electron chi connectivity index (χ3n) is 4.63. The fraction of sp³-hybridized carbons (Fsp3) is 0.0909. The van der Waals surface area contributed by atoms with Gasteiger partial charge in [-0.3, -0.25) is 9.79 Å². The van der Waals surface area contributed by atoms with Crippen LogP contribution < -0.4 is 0 Å². The van der Waals surface area contributed by atoms with Crippen LogP contribution in [0.5, 0.6) is 0 Å². The van der Waals surface area contributed by atoms with E-state index < -0.39 is 5.54 Å². The van der Waals surface area contributed by atoms with Crippen LogP contribution in [0.25, 0.3) is 0 Å². The lowest BCUT2D eigenvalue weighted by Gasteiger charge is -2.33. The van der Waals surface area contributed by atoms with E-state index in [0.717, 1.165) is 22.3 Å². The molecule has 24 heavy (non-hydrogen) atoms. The lowest BCUT2D eigenvalue weighted by Crippen LogP contribution is -2.34. The van der Waals surface area contributed by atoms with E-state index in [1.807, 2.05) is 72.8 Å². The van der Waals surface area contributed by atoms with Gasteiger partial charge in [-0.1, -0.05) is 84.9 Å². The van der Waals surface area contributed by atoms with Crippen LogP contribution in [-0.4, -0.2) is 11.5 Å². The minimum absolute atomic E-state index is 0.00907. The molecule has 0 N–H and O–H groups in total. The number of benzene rings is 3. The van der Waals surface area contributed by atoms with Crippen molar-refractivity contribution < 1.29 is 4.79 Å². The molecule has 0 amide bonds. The molecule has 1 atom stereocenters. The quantitative estimate of drug-likeness (QED) is 0.678. The van der Waals surface area contributed by atoms with Gasteiger partial charge < -0.3 is 0 Å². The van der Waals surface area contributed by atoms with Crippen molar-refractivity contribution in [3.63, 3.8) is 0 Å². The van der Waals surface area contributed by atoms with Gasteiger partial charge >= 0.3 is 0 Å². The number of hydrogen-bond donors (Lipinski definition) is 0. The lowest BCUT2D eigenvalue weighted by molar-refractivity contribution is 0.106. The first-order valence-corrected chi connectivity index (χ1v) is 8.05. The molecule has 0 bridgehead atoms. The van der Waals surface area contributed by atoms with Gasteiger partial charge in [-0.2, -0.15) is 0 Å². The van der Waals surface area contributed by atoms with Gasteiger partial charge in [-0.25, -0.2) is 0 Å². The number of aliphatic imine (C=N–C) groups is 1. The lowest BCUT2D eigenvalue weighted by atomic mass is 9.78. The summed E-state index contributed by atoms with van der Waals surface area (Å²) in [6, 6.07) is 27.6. The molecule has 116 valence electrons. The molecule has 1 unspecified atom stereocenters. The molecule has 1 aliphatic rings. The molecule has 4 rings (SSSR count). The molecule has 0 saturated carbocycles. The standard InChI is InChI=1S/C22H17NO/c1-22(17-12-6-3-7-13-17)19-15-9-8-14-18(19)21(24)20(23-22)16-10-4-2-5-11-16/h2-15H,1H3. The van der Waals surface area contributed by atoms with Crippen LogP contribution in [0, 0.1) is 0 Å². The Bertz CT molecular complexity index is 928. The normalized spacial score (nSPS) is 19.5. The highest BCUT2D eigenvalue weighted by Gasteiger charge is 2.38. The second kappa shape index (κ2) is 5.57. The van der Waals surface area contributed by atoms with Gasteiger partial charge in [0.15, 0.2) is 0 Å². The summed E-state index contributed by atoms with van der Waals surface area (Å²) in [5.74, 6) is -0.00907. The smallest absolute Gasteiger partial charge is 0.211 e. The fourth-order valence-electron chi connectivity index (χ4n) is 3.34. The predicted molar refractivity (Wildman–Crippen MR) is 96.6 cm³/mol. The predicted octanol–water partition coefficient (Wildman–Crippen LogP) is 4.64. The van der Waals surface area contributed by atoms with Gasteiger partial charge in [0.05, 0.1) is 0 Å². The fourth-order valence-corrected chi connectivity index (χ4v) is 3.34. The van der Waals surface area contributed by atoms with Crippen molar-refractivity contribution in [1.29, 1.82) is 0 Å². The van der Waals surface area contributed by atoms with Crippen LogP contribution in [0.3, 0.4) is 0 Å². The van der Waals surface area contributed by atoms with Crippen molar-refractivity contribution in [3.05, 3.63) is 107 Å². The molecule has 3 aromatic rings. The topological polar surface area (TPSA) is 29.4 Å². The highest BCUT2D eigenvalue weighted by Crippen LogP contribution is 2.39. The number of nitrogens with zero attached hydrogens (tertiary/aromatic N) is 1. The van der Waals surface area contributed by atoms with E-state index in [2.05, 4.69) is 19.1 Å². The second-order valence-corrected chi connectivity index (χ2v) is 6.14. The van der Waals surface area contributed by atoms with E-state index in [1.54, 1.807) is 0 Å². The summed E-state index contributed by atoms with van der Waals surface area (Å²) >= 11 is 0. The molecule has 0 fully saturated rings. The first-order chi connectivity index (χ1) is 11.7. The van der Waals surface area contributed by atoms with Crippen LogP contribution in [0.15, 0.2) is 89.9 Å². The molecular weight excluding hydrogens is 294 g/mol. The van der Waals surface area contributed by atoms with Gasteiger partial charge in [-0.15, -0.1) is 0 Å². The van der Waals surface area contributed by atoms with Crippen molar-refractivity contribution in [2.75, 3.05) is 0 Å². The minimum Gasteiger partial charge on any atom is -0.287 e. The summed E-state index contributed by atoms with van der Waals surface area (Å²) in [6.07, 6.45) is 0. The third-order valence-corrected chi connectivity index (χ3v) is 4.63. The molecule has 0 radical (unpaired) electrons. The Balaban J connectivity index is 2.00. The van der Waals surface area contributed by atoms with Gasteiger partial charge in [0, 0.05) is 11.1 Å². The average Bonchev–Trinajstić information content (AvgIpc) is 2.66. The summed E-state index contributed by atoms with van der Waals surface area (Å²) in [7, 11) is 0. The minimum atomic E-state index is -0.572. The van der Waals surface area contributed by atoms with Crippen molar-refractivity contribution in [2.45, 2.75) is 12.5 Å². The van der Waals surface area contributed by atoms with Crippen molar-refractivity contribution >= 4 is 11.5 Å². The number of fused-ring (bicyclic) bond motifs is 1. The number of rotatable bonds is 2. The van der Waals surface area contributed by atoms with Crippen LogP contribution in [0.4, 0.5) is 0 Å². The number of carbonyl (C=O) groups excluding carboxylic acids is 1. The zero-order valence-corrected chi connectivity index (χ0v) is 13.4. The van der Waals surface area contributed by atoms with Crippen LogP contribution >= 0.6 is 0 Å². The summed E-state index contributed by atoms with van der Waals surface area (Å²) < 4.78 is 0. The van der Waals surface area contributed by atoms with Gasteiger partial charge in [0.2, 0.25) is 5.78 Å². The first-order valence-electron chi connectivity index (χ1n) is 8.05. The van der Waals surface area contributed by atoms with E-state index in [-0.39, 0.29) is 5.78 Å². The molecule has 1 heterocycles. The molecule has 0 spiro atoms. The van der Waals surface area contributed by atoms with Crippen molar-refractivity contribution in [3.8, 4) is 0 Å². The number of ketones is 1. The maximum atomic E-state index is 13.0. The average molecular weight is 311 g/mol. The van der Waals surface area contributed by atoms with E-state index >= 15 is 0 Å². The number of carbonyl (C=O) groups is 1.